The Morgan fingerprint density at radius 2 is 2.06 bits per heavy atom. The molecule has 1 aromatic carbocycles. The summed E-state index contributed by atoms with van der Waals surface area (Å²) in [6.45, 7) is 6.12. The maximum atomic E-state index is 11.6. The van der Waals surface area contributed by atoms with E-state index in [1.807, 2.05) is 26.0 Å². The highest BCUT2D eigenvalue weighted by Crippen LogP contribution is 2.34. The van der Waals surface area contributed by atoms with Crippen LogP contribution in [0, 0.1) is 6.92 Å². The van der Waals surface area contributed by atoms with Crippen LogP contribution in [0.2, 0.25) is 0 Å². The molecule has 1 aliphatic heterocycles. The van der Waals surface area contributed by atoms with Crippen molar-refractivity contribution in [2.75, 3.05) is 7.11 Å². The summed E-state index contributed by atoms with van der Waals surface area (Å²) in [5.41, 5.74) is 3.17. The number of hydrogen-bond donors (Lipinski definition) is 1. The molecule has 0 saturated carbocycles. The zero-order chi connectivity index (χ0) is 11.9. The molecule has 16 heavy (non-hydrogen) atoms. The first-order chi connectivity index (χ1) is 7.44. The van der Waals surface area contributed by atoms with Crippen molar-refractivity contribution in [2.24, 2.45) is 0 Å². The van der Waals surface area contributed by atoms with E-state index in [0.29, 0.717) is 6.42 Å². The molecule has 0 aromatic heterocycles. The van der Waals surface area contributed by atoms with Gasteiger partial charge in [-0.2, -0.15) is 0 Å². The van der Waals surface area contributed by atoms with Gasteiger partial charge >= 0.3 is 0 Å². The van der Waals surface area contributed by atoms with Crippen LogP contribution in [0.5, 0.6) is 5.75 Å². The van der Waals surface area contributed by atoms with Crippen LogP contribution < -0.4 is 10.1 Å². The number of carbonyl (C=O) groups excluding carboxylic acids is 1. The maximum absolute atomic E-state index is 11.6. The maximum Gasteiger partial charge on any atom is 0.225 e. The molecule has 0 bridgehead atoms. The largest absolute Gasteiger partial charge is 0.497 e. The second-order valence-electron chi connectivity index (χ2n) is 4.83. The van der Waals surface area contributed by atoms with Gasteiger partial charge in [0, 0.05) is 0 Å². The Morgan fingerprint density at radius 1 is 1.38 bits per heavy atom. The highest BCUT2D eigenvalue weighted by atomic mass is 16.5. The minimum Gasteiger partial charge on any atom is -0.497 e. The lowest BCUT2D eigenvalue weighted by Crippen LogP contribution is -2.46. The fourth-order valence-electron chi connectivity index (χ4n) is 2.60. The van der Waals surface area contributed by atoms with Crippen molar-refractivity contribution in [3.05, 3.63) is 28.8 Å². The van der Waals surface area contributed by atoms with E-state index in [2.05, 4.69) is 12.2 Å². The molecule has 0 fully saturated rings. The molecular formula is C13H17NO2. The number of carbonyl (C=O) groups is 1. The molecule has 1 amide bonds. The number of methoxy groups -OCH3 is 1. The minimum atomic E-state index is -0.291. The Bertz CT molecular complexity index is 449. The van der Waals surface area contributed by atoms with E-state index in [-0.39, 0.29) is 11.4 Å². The van der Waals surface area contributed by atoms with Gasteiger partial charge in [-0.05, 0) is 49.6 Å². The number of nitrogens with one attached hydrogen (secondary N) is 1. The Hall–Kier alpha value is -1.51. The second kappa shape index (κ2) is 3.51. The molecule has 0 radical (unpaired) electrons. The third kappa shape index (κ3) is 1.66. The normalized spacial score (nSPS) is 17.6. The van der Waals surface area contributed by atoms with Crippen molar-refractivity contribution >= 4 is 5.91 Å². The summed E-state index contributed by atoms with van der Waals surface area (Å²) in [5, 5.41) is 3.01. The minimum absolute atomic E-state index is 0.0742. The van der Waals surface area contributed by atoms with Crippen LogP contribution in [0.3, 0.4) is 0 Å². The van der Waals surface area contributed by atoms with Gasteiger partial charge in [-0.15, -0.1) is 0 Å². The smallest absolute Gasteiger partial charge is 0.225 e. The van der Waals surface area contributed by atoms with E-state index in [0.717, 1.165) is 11.3 Å². The third-order valence-corrected chi connectivity index (χ3v) is 3.05. The van der Waals surface area contributed by atoms with Crippen LogP contribution in [0.25, 0.3) is 0 Å². The number of ether oxygens (including phenoxy) is 1. The van der Waals surface area contributed by atoms with Crippen molar-refractivity contribution in [3.8, 4) is 5.75 Å². The average molecular weight is 219 g/mol. The van der Waals surface area contributed by atoms with Crippen LogP contribution in [0.1, 0.15) is 30.5 Å². The summed E-state index contributed by atoms with van der Waals surface area (Å²) >= 11 is 0. The van der Waals surface area contributed by atoms with Crippen molar-refractivity contribution in [1.29, 1.82) is 0 Å². The summed E-state index contributed by atoms with van der Waals surface area (Å²) in [7, 11) is 1.65. The zero-order valence-corrected chi connectivity index (χ0v) is 10.2. The van der Waals surface area contributed by atoms with Crippen molar-refractivity contribution in [3.63, 3.8) is 0 Å². The first kappa shape index (κ1) is 11.0. The Morgan fingerprint density at radius 3 is 2.69 bits per heavy atom. The van der Waals surface area contributed by atoms with Gasteiger partial charge < -0.3 is 10.1 Å². The zero-order valence-electron chi connectivity index (χ0n) is 10.2. The highest BCUT2D eigenvalue weighted by Gasteiger charge is 2.32. The summed E-state index contributed by atoms with van der Waals surface area (Å²) in [5.74, 6) is 0.895. The van der Waals surface area contributed by atoms with E-state index >= 15 is 0 Å². The third-order valence-electron chi connectivity index (χ3n) is 3.05. The molecule has 1 N–H and O–H groups in total. The second-order valence-corrected chi connectivity index (χ2v) is 4.83. The Balaban J connectivity index is 2.62. The predicted octanol–water partition coefficient (Wildman–Crippen LogP) is 1.91. The van der Waals surface area contributed by atoms with Crippen LogP contribution in [0.4, 0.5) is 0 Å². The van der Waals surface area contributed by atoms with Gasteiger partial charge in [-0.25, -0.2) is 0 Å². The average Bonchev–Trinajstić information content (AvgIpc) is 2.13. The van der Waals surface area contributed by atoms with Crippen molar-refractivity contribution < 1.29 is 9.53 Å². The molecule has 1 aromatic rings. The summed E-state index contributed by atoms with van der Waals surface area (Å²) in [4.78, 5) is 11.6. The lowest BCUT2D eigenvalue weighted by Gasteiger charge is -2.35. The molecule has 0 atom stereocenters. The van der Waals surface area contributed by atoms with Gasteiger partial charge in [-0.1, -0.05) is 0 Å². The van der Waals surface area contributed by atoms with E-state index in [1.165, 1.54) is 11.1 Å². The van der Waals surface area contributed by atoms with Crippen LogP contribution >= 0.6 is 0 Å². The molecule has 2 rings (SSSR count). The lowest BCUT2D eigenvalue weighted by atomic mass is 9.82. The van der Waals surface area contributed by atoms with Crippen LogP contribution in [-0.4, -0.2) is 13.0 Å². The molecule has 3 heteroatoms. The van der Waals surface area contributed by atoms with Crippen LogP contribution in [-0.2, 0) is 16.8 Å². The number of hydrogen-bond acceptors (Lipinski definition) is 2. The molecule has 86 valence electrons. The number of benzene rings is 1. The fraction of sp³-hybridized carbons (Fsp3) is 0.462. The molecule has 1 heterocycles. The summed E-state index contributed by atoms with van der Waals surface area (Å²) < 4.78 is 5.23. The number of fused-ring (bicyclic) bond motifs is 1. The summed E-state index contributed by atoms with van der Waals surface area (Å²) in [6.07, 6.45) is 0.441. The number of rotatable bonds is 1. The van der Waals surface area contributed by atoms with Gasteiger partial charge in [0.15, 0.2) is 0 Å². The molecule has 0 saturated heterocycles. The van der Waals surface area contributed by atoms with Gasteiger partial charge in [0.2, 0.25) is 5.91 Å². The van der Waals surface area contributed by atoms with E-state index < -0.39 is 0 Å². The Kier molecular flexibility index (Phi) is 2.41. The molecule has 0 aliphatic carbocycles. The topological polar surface area (TPSA) is 38.3 Å². The molecule has 1 aliphatic rings. The first-order valence-corrected chi connectivity index (χ1v) is 5.43. The summed E-state index contributed by atoms with van der Waals surface area (Å²) in [6, 6.07) is 3.97. The highest BCUT2D eigenvalue weighted by molar-refractivity contribution is 5.82. The number of amides is 1. The Labute approximate surface area is 95.8 Å². The molecule has 0 spiro atoms. The standard InChI is InChI=1S/C13H17NO2/c1-8-5-10(16-4)6-9-7-11(15)14-13(2,3)12(8)9/h5-6H,7H2,1-4H3,(H,14,15). The van der Waals surface area contributed by atoms with Gasteiger partial charge in [0.05, 0.1) is 19.1 Å². The first-order valence-electron chi connectivity index (χ1n) is 5.43. The number of aryl methyl sites for hydroxylation is 1. The quantitative estimate of drug-likeness (QED) is 0.783. The molecule has 3 nitrogen and oxygen atoms in total. The SMILES string of the molecule is COc1cc(C)c2c(c1)CC(=O)NC2(C)C. The predicted molar refractivity (Wildman–Crippen MR) is 62.6 cm³/mol. The lowest BCUT2D eigenvalue weighted by molar-refractivity contribution is -0.122. The molecule has 0 unspecified atom stereocenters. The monoisotopic (exact) mass is 219 g/mol. The van der Waals surface area contributed by atoms with E-state index in [1.54, 1.807) is 7.11 Å². The van der Waals surface area contributed by atoms with Gasteiger partial charge in [0.25, 0.3) is 0 Å². The van der Waals surface area contributed by atoms with E-state index in [9.17, 15) is 4.79 Å². The van der Waals surface area contributed by atoms with Crippen molar-refractivity contribution in [2.45, 2.75) is 32.7 Å². The molecular weight excluding hydrogens is 202 g/mol. The van der Waals surface area contributed by atoms with E-state index in [4.69, 9.17) is 4.74 Å². The van der Waals surface area contributed by atoms with Crippen LogP contribution in [0.15, 0.2) is 12.1 Å². The van der Waals surface area contributed by atoms with Crippen molar-refractivity contribution in [1.82, 2.24) is 5.32 Å². The van der Waals surface area contributed by atoms with Gasteiger partial charge in [0.1, 0.15) is 5.75 Å². The fourth-order valence-corrected chi connectivity index (χ4v) is 2.60. The van der Waals surface area contributed by atoms with Gasteiger partial charge in [-0.3, -0.25) is 4.79 Å².